The molecule has 0 N–H and O–H groups in total. The number of amides is 1. The number of nitrogens with zero attached hydrogens (tertiary/aromatic N) is 1. The Labute approximate surface area is 103 Å². The van der Waals surface area contributed by atoms with Crippen LogP contribution in [0.15, 0.2) is 0 Å². The van der Waals surface area contributed by atoms with E-state index < -0.39 is 0 Å². The van der Waals surface area contributed by atoms with Gasteiger partial charge in [-0.1, -0.05) is 0 Å². The maximum Gasteiger partial charge on any atom is 0.308 e. The van der Waals surface area contributed by atoms with E-state index in [1.807, 2.05) is 11.8 Å². The Balaban J connectivity index is 2.36. The first-order valence-electron chi connectivity index (χ1n) is 6.41. The number of carbonyl (C=O) groups is 2. The van der Waals surface area contributed by atoms with Crippen LogP contribution in [0.2, 0.25) is 0 Å². The maximum absolute atomic E-state index is 11.4. The van der Waals surface area contributed by atoms with Crippen LogP contribution in [-0.2, 0) is 14.3 Å². The van der Waals surface area contributed by atoms with Crippen LogP contribution in [0.5, 0.6) is 0 Å². The molecule has 0 saturated heterocycles. The summed E-state index contributed by atoms with van der Waals surface area (Å²) in [6.45, 7) is 5.22. The first-order valence-corrected chi connectivity index (χ1v) is 6.41. The lowest BCUT2D eigenvalue weighted by atomic mass is 9.82. The molecule has 0 bridgehead atoms. The van der Waals surface area contributed by atoms with Crippen molar-refractivity contribution in [3.63, 3.8) is 0 Å². The van der Waals surface area contributed by atoms with E-state index in [2.05, 4.69) is 0 Å². The average molecular weight is 241 g/mol. The summed E-state index contributed by atoms with van der Waals surface area (Å²) >= 11 is 0. The quantitative estimate of drug-likeness (QED) is 0.705. The first kappa shape index (κ1) is 14.0. The predicted molar refractivity (Wildman–Crippen MR) is 65.4 cm³/mol. The van der Waals surface area contributed by atoms with Crippen molar-refractivity contribution in [2.45, 2.75) is 39.5 Å². The molecule has 0 radical (unpaired) electrons. The fourth-order valence-corrected chi connectivity index (χ4v) is 2.54. The van der Waals surface area contributed by atoms with Crippen molar-refractivity contribution in [2.24, 2.45) is 11.8 Å². The van der Waals surface area contributed by atoms with Gasteiger partial charge in [0.25, 0.3) is 0 Å². The lowest BCUT2D eigenvalue weighted by Gasteiger charge is -2.31. The van der Waals surface area contributed by atoms with Crippen molar-refractivity contribution in [1.82, 2.24) is 4.90 Å². The van der Waals surface area contributed by atoms with E-state index in [9.17, 15) is 9.59 Å². The summed E-state index contributed by atoms with van der Waals surface area (Å²) < 4.78 is 4.76. The summed E-state index contributed by atoms with van der Waals surface area (Å²) in [4.78, 5) is 24.6. The number of methoxy groups -OCH3 is 1. The molecule has 0 heterocycles. The molecule has 17 heavy (non-hydrogen) atoms. The van der Waals surface area contributed by atoms with Gasteiger partial charge in [0.05, 0.1) is 13.0 Å². The Morgan fingerprint density at radius 2 is 1.82 bits per heavy atom. The molecule has 4 heteroatoms. The Kier molecular flexibility index (Phi) is 5.45. The molecule has 0 aromatic rings. The summed E-state index contributed by atoms with van der Waals surface area (Å²) in [6.07, 6.45) is 3.83. The van der Waals surface area contributed by atoms with Gasteiger partial charge in [-0.3, -0.25) is 9.59 Å². The van der Waals surface area contributed by atoms with Crippen molar-refractivity contribution in [3.8, 4) is 0 Å². The molecule has 0 spiro atoms. The molecule has 0 unspecified atom stereocenters. The molecule has 1 fully saturated rings. The van der Waals surface area contributed by atoms with Crippen LogP contribution >= 0.6 is 0 Å². The minimum Gasteiger partial charge on any atom is -0.469 e. The van der Waals surface area contributed by atoms with E-state index in [0.29, 0.717) is 5.92 Å². The molecule has 0 aliphatic heterocycles. The summed E-state index contributed by atoms with van der Waals surface area (Å²) in [5.41, 5.74) is 0. The highest BCUT2D eigenvalue weighted by atomic mass is 16.5. The minimum atomic E-state index is -0.0811. The van der Waals surface area contributed by atoms with Gasteiger partial charge < -0.3 is 9.64 Å². The van der Waals surface area contributed by atoms with E-state index in [-0.39, 0.29) is 17.8 Å². The fraction of sp³-hybridized carbons (Fsp3) is 0.846. The van der Waals surface area contributed by atoms with Gasteiger partial charge in [0.15, 0.2) is 0 Å². The van der Waals surface area contributed by atoms with E-state index in [1.54, 1.807) is 6.92 Å². The fourth-order valence-electron chi connectivity index (χ4n) is 2.54. The molecule has 1 amide bonds. The Morgan fingerprint density at radius 1 is 1.24 bits per heavy atom. The minimum absolute atomic E-state index is 0.0728. The number of carbonyl (C=O) groups excluding carboxylic acids is 2. The largest absolute Gasteiger partial charge is 0.469 e. The highest BCUT2D eigenvalue weighted by molar-refractivity contribution is 5.73. The Hall–Kier alpha value is -1.06. The molecule has 98 valence electrons. The predicted octanol–water partition coefficient (Wildman–Crippen LogP) is 1.83. The van der Waals surface area contributed by atoms with Gasteiger partial charge in [-0.05, 0) is 38.5 Å². The smallest absolute Gasteiger partial charge is 0.308 e. The topological polar surface area (TPSA) is 46.6 Å². The third-order valence-corrected chi connectivity index (χ3v) is 3.69. The van der Waals surface area contributed by atoms with Crippen molar-refractivity contribution < 1.29 is 14.3 Å². The van der Waals surface area contributed by atoms with Gasteiger partial charge in [0.1, 0.15) is 0 Å². The molecular weight excluding hydrogens is 218 g/mol. The van der Waals surface area contributed by atoms with Crippen LogP contribution in [0.1, 0.15) is 39.5 Å². The van der Waals surface area contributed by atoms with Crippen LogP contribution in [0.4, 0.5) is 0 Å². The standard InChI is InChI=1S/C13H23NO3/c1-4-14(10(2)15)9-11-5-7-12(8-6-11)13(16)17-3/h11-12H,4-9H2,1-3H3. The van der Waals surface area contributed by atoms with Crippen LogP contribution in [0.3, 0.4) is 0 Å². The lowest BCUT2D eigenvalue weighted by molar-refractivity contribution is -0.147. The second-order valence-electron chi connectivity index (χ2n) is 4.80. The first-order chi connectivity index (χ1) is 8.08. The zero-order valence-electron chi connectivity index (χ0n) is 11.1. The molecule has 1 aliphatic carbocycles. The highest BCUT2D eigenvalue weighted by Crippen LogP contribution is 2.30. The van der Waals surface area contributed by atoms with Gasteiger partial charge in [-0.25, -0.2) is 0 Å². The molecule has 1 rings (SSSR count). The summed E-state index contributed by atoms with van der Waals surface area (Å²) in [5, 5.41) is 0. The molecule has 1 saturated carbocycles. The van der Waals surface area contributed by atoms with E-state index in [4.69, 9.17) is 4.74 Å². The SMILES string of the molecule is CCN(CC1CCC(C(=O)OC)CC1)C(C)=O. The number of hydrogen-bond acceptors (Lipinski definition) is 3. The van der Waals surface area contributed by atoms with Gasteiger partial charge in [-0.15, -0.1) is 0 Å². The van der Waals surface area contributed by atoms with Crippen molar-refractivity contribution >= 4 is 11.9 Å². The zero-order valence-corrected chi connectivity index (χ0v) is 11.1. The van der Waals surface area contributed by atoms with E-state index >= 15 is 0 Å². The normalized spacial score (nSPS) is 24.2. The maximum atomic E-state index is 11.4. The number of hydrogen-bond donors (Lipinski definition) is 0. The second-order valence-corrected chi connectivity index (χ2v) is 4.80. The Bertz CT molecular complexity index is 270. The molecule has 4 nitrogen and oxygen atoms in total. The highest BCUT2D eigenvalue weighted by Gasteiger charge is 2.27. The Morgan fingerprint density at radius 3 is 2.24 bits per heavy atom. The number of rotatable bonds is 4. The third-order valence-electron chi connectivity index (χ3n) is 3.69. The van der Waals surface area contributed by atoms with Gasteiger partial charge in [0, 0.05) is 20.0 Å². The van der Waals surface area contributed by atoms with Crippen LogP contribution in [0, 0.1) is 11.8 Å². The summed E-state index contributed by atoms with van der Waals surface area (Å²) in [7, 11) is 1.45. The van der Waals surface area contributed by atoms with Crippen molar-refractivity contribution in [3.05, 3.63) is 0 Å². The number of ether oxygens (including phenoxy) is 1. The van der Waals surface area contributed by atoms with Crippen LogP contribution < -0.4 is 0 Å². The van der Waals surface area contributed by atoms with E-state index in [1.165, 1.54) is 7.11 Å². The van der Waals surface area contributed by atoms with Gasteiger partial charge in [-0.2, -0.15) is 0 Å². The second kappa shape index (κ2) is 6.62. The summed E-state index contributed by atoms with van der Waals surface area (Å²) in [6, 6.07) is 0. The molecule has 0 atom stereocenters. The summed E-state index contributed by atoms with van der Waals surface area (Å²) in [5.74, 6) is 0.674. The molecule has 0 aromatic heterocycles. The van der Waals surface area contributed by atoms with E-state index in [0.717, 1.165) is 38.8 Å². The van der Waals surface area contributed by atoms with Crippen LogP contribution in [0.25, 0.3) is 0 Å². The monoisotopic (exact) mass is 241 g/mol. The van der Waals surface area contributed by atoms with Gasteiger partial charge in [0.2, 0.25) is 5.91 Å². The zero-order chi connectivity index (χ0) is 12.8. The number of esters is 1. The van der Waals surface area contributed by atoms with Crippen molar-refractivity contribution in [2.75, 3.05) is 20.2 Å². The third kappa shape index (κ3) is 4.02. The van der Waals surface area contributed by atoms with Gasteiger partial charge >= 0.3 is 5.97 Å². The average Bonchev–Trinajstić information content (AvgIpc) is 2.35. The molecular formula is C13H23NO3. The van der Waals surface area contributed by atoms with Crippen molar-refractivity contribution in [1.29, 1.82) is 0 Å². The molecule has 1 aliphatic rings. The molecule has 0 aromatic carbocycles. The lowest BCUT2D eigenvalue weighted by Crippen LogP contribution is -2.35. The van der Waals surface area contributed by atoms with Crippen LogP contribution in [-0.4, -0.2) is 37.0 Å².